The molecule has 1 aliphatic rings. The lowest BCUT2D eigenvalue weighted by atomic mass is 10.1. The van der Waals surface area contributed by atoms with Gasteiger partial charge in [-0.3, -0.25) is 4.90 Å². The van der Waals surface area contributed by atoms with E-state index < -0.39 is 17.7 Å². The van der Waals surface area contributed by atoms with Crippen LogP contribution in [0, 0.1) is 11.6 Å². The van der Waals surface area contributed by atoms with Crippen molar-refractivity contribution >= 4 is 0 Å². The summed E-state index contributed by atoms with van der Waals surface area (Å²) in [5.74, 6) is -1.35. The molecule has 2 rings (SSSR count). The first-order valence-corrected chi connectivity index (χ1v) is 6.59. The van der Waals surface area contributed by atoms with Gasteiger partial charge in [-0.25, -0.2) is 8.78 Å². The highest BCUT2D eigenvalue weighted by atomic mass is 19.1. The van der Waals surface area contributed by atoms with E-state index in [9.17, 15) is 19.0 Å². The summed E-state index contributed by atoms with van der Waals surface area (Å²) in [6.45, 7) is 1.63. The molecule has 1 aromatic carbocycles. The fraction of sp³-hybridized carbons (Fsp3) is 0.571. The molecule has 2 atom stereocenters. The summed E-state index contributed by atoms with van der Waals surface area (Å²) in [5.41, 5.74) is 0.261. The minimum atomic E-state index is -0.884. The van der Waals surface area contributed by atoms with E-state index in [4.69, 9.17) is 0 Å². The van der Waals surface area contributed by atoms with Gasteiger partial charge in [-0.05, 0) is 43.5 Å². The number of nitrogens with zero attached hydrogens (tertiary/aromatic N) is 1. The predicted octanol–water partition coefficient (Wildman–Crippen LogP) is 1.84. The van der Waals surface area contributed by atoms with Crippen molar-refractivity contribution in [1.29, 1.82) is 0 Å². The normalized spacial score (nSPS) is 21.8. The summed E-state index contributed by atoms with van der Waals surface area (Å²) in [4.78, 5) is 2.11. The average molecular weight is 271 g/mol. The van der Waals surface area contributed by atoms with Crippen molar-refractivity contribution in [2.24, 2.45) is 0 Å². The highest BCUT2D eigenvalue weighted by Crippen LogP contribution is 2.22. The van der Waals surface area contributed by atoms with E-state index in [1.54, 1.807) is 0 Å². The lowest BCUT2D eigenvalue weighted by Crippen LogP contribution is -2.33. The van der Waals surface area contributed by atoms with Gasteiger partial charge >= 0.3 is 0 Å². The zero-order valence-electron chi connectivity index (χ0n) is 10.7. The molecule has 1 aliphatic heterocycles. The van der Waals surface area contributed by atoms with E-state index in [0.29, 0.717) is 13.0 Å². The van der Waals surface area contributed by atoms with E-state index in [-0.39, 0.29) is 18.2 Å². The van der Waals surface area contributed by atoms with Gasteiger partial charge in [-0.2, -0.15) is 0 Å². The third-order valence-corrected chi connectivity index (χ3v) is 3.67. The van der Waals surface area contributed by atoms with Crippen LogP contribution in [0.3, 0.4) is 0 Å². The smallest absolute Gasteiger partial charge is 0.126 e. The molecule has 0 saturated carbocycles. The minimum absolute atomic E-state index is 0.116. The lowest BCUT2D eigenvalue weighted by Gasteiger charge is -2.24. The second kappa shape index (κ2) is 6.41. The monoisotopic (exact) mass is 271 g/mol. The van der Waals surface area contributed by atoms with Crippen molar-refractivity contribution < 1.29 is 19.0 Å². The third kappa shape index (κ3) is 3.72. The number of hydrogen-bond acceptors (Lipinski definition) is 3. The molecule has 0 radical (unpaired) electrons. The van der Waals surface area contributed by atoms with E-state index in [1.165, 1.54) is 0 Å². The Kier molecular flexibility index (Phi) is 4.85. The van der Waals surface area contributed by atoms with Gasteiger partial charge in [0, 0.05) is 18.7 Å². The molecular formula is C14H19F2NO2. The Balaban J connectivity index is 1.91. The van der Waals surface area contributed by atoms with E-state index in [0.717, 1.165) is 37.6 Å². The number of halogens is 2. The van der Waals surface area contributed by atoms with Gasteiger partial charge in [0.05, 0.1) is 12.7 Å². The molecule has 1 aromatic rings. The number of aliphatic hydroxyl groups excluding tert-OH is 2. The Bertz CT molecular complexity index is 408. The second-order valence-corrected chi connectivity index (χ2v) is 5.02. The highest BCUT2D eigenvalue weighted by molar-refractivity contribution is 5.20. The van der Waals surface area contributed by atoms with Crippen LogP contribution in [-0.2, 0) is 0 Å². The van der Waals surface area contributed by atoms with Gasteiger partial charge < -0.3 is 10.2 Å². The molecule has 19 heavy (non-hydrogen) atoms. The zero-order valence-corrected chi connectivity index (χ0v) is 10.7. The standard InChI is InChI=1S/C14H19F2NO2/c15-11-6-10(7-12(16)8-11)14(19)3-5-17-4-1-2-13(17)9-18/h6-8,13-14,18-19H,1-5,9H2. The fourth-order valence-electron chi connectivity index (χ4n) is 2.62. The maximum Gasteiger partial charge on any atom is 0.126 e. The SMILES string of the molecule is OCC1CCCN1CCC(O)c1cc(F)cc(F)c1. The van der Waals surface area contributed by atoms with Gasteiger partial charge in [0.1, 0.15) is 11.6 Å². The molecule has 5 heteroatoms. The van der Waals surface area contributed by atoms with E-state index in [2.05, 4.69) is 4.90 Å². The number of rotatable bonds is 5. The number of aliphatic hydroxyl groups is 2. The van der Waals surface area contributed by atoms with Gasteiger partial charge in [0.25, 0.3) is 0 Å². The molecule has 0 spiro atoms. The Morgan fingerprint density at radius 3 is 2.58 bits per heavy atom. The Morgan fingerprint density at radius 2 is 1.95 bits per heavy atom. The van der Waals surface area contributed by atoms with Crippen molar-refractivity contribution in [2.75, 3.05) is 19.7 Å². The summed E-state index contributed by atoms with van der Waals surface area (Å²) in [6.07, 6.45) is 1.52. The maximum atomic E-state index is 13.1. The Morgan fingerprint density at radius 1 is 1.26 bits per heavy atom. The van der Waals surface area contributed by atoms with Crippen LogP contribution in [0.4, 0.5) is 8.78 Å². The van der Waals surface area contributed by atoms with Gasteiger partial charge in [-0.1, -0.05) is 0 Å². The van der Waals surface area contributed by atoms with Crippen molar-refractivity contribution in [3.05, 3.63) is 35.4 Å². The number of hydrogen-bond donors (Lipinski definition) is 2. The topological polar surface area (TPSA) is 43.7 Å². The summed E-state index contributed by atoms with van der Waals surface area (Å²) >= 11 is 0. The fourth-order valence-corrected chi connectivity index (χ4v) is 2.62. The highest BCUT2D eigenvalue weighted by Gasteiger charge is 2.24. The van der Waals surface area contributed by atoms with Crippen LogP contribution in [0.1, 0.15) is 30.9 Å². The second-order valence-electron chi connectivity index (χ2n) is 5.02. The summed E-state index contributed by atoms with van der Waals surface area (Å²) in [7, 11) is 0. The number of likely N-dealkylation sites (tertiary alicyclic amines) is 1. The molecule has 2 N–H and O–H groups in total. The van der Waals surface area contributed by atoms with Crippen molar-refractivity contribution in [1.82, 2.24) is 4.90 Å². The van der Waals surface area contributed by atoms with Crippen molar-refractivity contribution in [2.45, 2.75) is 31.4 Å². The molecular weight excluding hydrogens is 252 g/mol. The molecule has 0 aliphatic carbocycles. The van der Waals surface area contributed by atoms with Crippen LogP contribution in [-0.4, -0.2) is 40.9 Å². The molecule has 0 amide bonds. The zero-order chi connectivity index (χ0) is 13.8. The minimum Gasteiger partial charge on any atom is -0.395 e. The van der Waals surface area contributed by atoms with Gasteiger partial charge in [-0.15, -0.1) is 0 Å². The summed E-state index contributed by atoms with van der Waals surface area (Å²) in [5, 5.41) is 19.2. The Labute approximate surface area is 111 Å². The molecule has 0 aromatic heterocycles. The lowest BCUT2D eigenvalue weighted by molar-refractivity contribution is 0.116. The van der Waals surface area contributed by atoms with Crippen LogP contribution in [0.5, 0.6) is 0 Å². The van der Waals surface area contributed by atoms with Crippen LogP contribution in [0.2, 0.25) is 0 Å². The number of benzene rings is 1. The van der Waals surface area contributed by atoms with Gasteiger partial charge in [0.15, 0.2) is 0 Å². The molecule has 106 valence electrons. The average Bonchev–Trinajstić information content (AvgIpc) is 2.82. The Hall–Kier alpha value is -1.04. The molecule has 1 fully saturated rings. The predicted molar refractivity (Wildman–Crippen MR) is 67.6 cm³/mol. The molecule has 3 nitrogen and oxygen atoms in total. The van der Waals surface area contributed by atoms with Crippen LogP contribution < -0.4 is 0 Å². The molecule has 1 saturated heterocycles. The van der Waals surface area contributed by atoms with E-state index in [1.807, 2.05) is 0 Å². The summed E-state index contributed by atoms with van der Waals surface area (Å²) < 4.78 is 26.1. The molecule has 1 heterocycles. The van der Waals surface area contributed by atoms with Crippen LogP contribution >= 0.6 is 0 Å². The largest absolute Gasteiger partial charge is 0.395 e. The first-order valence-electron chi connectivity index (χ1n) is 6.59. The van der Waals surface area contributed by atoms with E-state index >= 15 is 0 Å². The van der Waals surface area contributed by atoms with Crippen molar-refractivity contribution in [3.63, 3.8) is 0 Å². The van der Waals surface area contributed by atoms with Crippen LogP contribution in [0.15, 0.2) is 18.2 Å². The molecule has 0 bridgehead atoms. The van der Waals surface area contributed by atoms with Crippen LogP contribution in [0.25, 0.3) is 0 Å². The third-order valence-electron chi connectivity index (χ3n) is 3.67. The maximum absolute atomic E-state index is 13.1. The summed E-state index contributed by atoms with van der Waals surface area (Å²) in [6, 6.07) is 3.25. The van der Waals surface area contributed by atoms with Crippen molar-refractivity contribution in [3.8, 4) is 0 Å². The quantitative estimate of drug-likeness (QED) is 0.859. The van der Waals surface area contributed by atoms with Gasteiger partial charge in [0.2, 0.25) is 0 Å². The molecule has 2 unspecified atom stereocenters. The first kappa shape index (κ1) is 14.4. The first-order chi connectivity index (χ1) is 9.10.